The minimum atomic E-state index is -0.586. The van der Waals surface area contributed by atoms with Crippen molar-refractivity contribution in [1.82, 2.24) is 0 Å². The maximum atomic E-state index is 13.4. The Morgan fingerprint density at radius 2 is 1.69 bits per heavy atom. The molecule has 3 saturated heterocycles. The first-order valence-electron chi connectivity index (χ1n) is 10.1. The zero-order valence-corrected chi connectivity index (χ0v) is 16.2. The van der Waals surface area contributed by atoms with Crippen LogP contribution < -0.4 is 14.5 Å². The smallest absolute Gasteiger partial charge is 0.244 e. The lowest BCUT2D eigenvalue weighted by Crippen LogP contribution is -3.16. The van der Waals surface area contributed by atoms with Crippen molar-refractivity contribution in [3.63, 3.8) is 0 Å². The highest BCUT2D eigenvalue weighted by Crippen LogP contribution is 2.40. The number of quaternary nitrogens is 1. The van der Waals surface area contributed by atoms with Crippen LogP contribution in [0.4, 0.5) is 5.69 Å². The van der Waals surface area contributed by atoms with E-state index in [2.05, 4.69) is 0 Å². The predicted molar refractivity (Wildman–Crippen MR) is 106 cm³/mol. The number of nitrogens with zero attached hydrogens (tertiary/aromatic N) is 1. The third-order valence-electron chi connectivity index (χ3n) is 6.72. The SMILES string of the molecule is COc1ccc(N2C(=O)[C@@H]3[C@H](C2=O)[C@@H](C(=O)c2ccccc2)[NH+]2CCC[C@@H]32)cc1. The fourth-order valence-corrected chi connectivity index (χ4v) is 5.51. The number of methoxy groups -OCH3 is 1. The summed E-state index contributed by atoms with van der Waals surface area (Å²) in [4.78, 5) is 42.6. The van der Waals surface area contributed by atoms with Gasteiger partial charge in [0.15, 0.2) is 6.04 Å². The number of Topliss-reactive ketones (excluding diaryl/α,β-unsaturated/α-hetero) is 1. The van der Waals surface area contributed by atoms with E-state index in [0.29, 0.717) is 17.0 Å². The number of hydrogen-bond acceptors (Lipinski definition) is 4. The quantitative estimate of drug-likeness (QED) is 0.626. The van der Waals surface area contributed by atoms with E-state index in [0.717, 1.165) is 24.3 Å². The molecular weight excluding hydrogens is 368 g/mol. The van der Waals surface area contributed by atoms with E-state index in [1.807, 2.05) is 18.2 Å². The van der Waals surface area contributed by atoms with E-state index in [1.54, 1.807) is 43.5 Å². The Morgan fingerprint density at radius 1 is 1.00 bits per heavy atom. The lowest BCUT2D eigenvalue weighted by atomic mass is 9.85. The van der Waals surface area contributed by atoms with Crippen LogP contribution in [0.2, 0.25) is 0 Å². The molecule has 5 atom stereocenters. The average molecular weight is 391 g/mol. The molecule has 0 aromatic heterocycles. The molecule has 3 heterocycles. The molecule has 3 aliphatic heterocycles. The van der Waals surface area contributed by atoms with Crippen molar-refractivity contribution in [2.45, 2.75) is 24.9 Å². The Kier molecular flexibility index (Phi) is 4.24. The lowest BCUT2D eigenvalue weighted by Gasteiger charge is -2.25. The number of nitrogens with one attached hydrogen (secondary N) is 1. The molecule has 6 nitrogen and oxygen atoms in total. The number of ether oxygens (including phenoxy) is 1. The summed E-state index contributed by atoms with van der Waals surface area (Å²) in [6.45, 7) is 0.837. The van der Waals surface area contributed by atoms with Crippen LogP contribution in [-0.4, -0.2) is 43.3 Å². The van der Waals surface area contributed by atoms with Gasteiger partial charge in [-0.05, 0) is 24.3 Å². The summed E-state index contributed by atoms with van der Waals surface area (Å²) >= 11 is 0. The zero-order chi connectivity index (χ0) is 20.1. The van der Waals surface area contributed by atoms with Gasteiger partial charge in [0.25, 0.3) is 0 Å². The highest BCUT2D eigenvalue weighted by molar-refractivity contribution is 6.24. The van der Waals surface area contributed by atoms with Gasteiger partial charge in [-0.2, -0.15) is 0 Å². The Bertz CT molecular complexity index is 972. The van der Waals surface area contributed by atoms with E-state index in [1.165, 1.54) is 4.90 Å². The fourth-order valence-electron chi connectivity index (χ4n) is 5.51. The van der Waals surface area contributed by atoms with E-state index < -0.39 is 17.9 Å². The number of anilines is 1. The Hall–Kier alpha value is -2.99. The maximum absolute atomic E-state index is 13.4. The van der Waals surface area contributed by atoms with Crippen LogP contribution in [0.15, 0.2) is 54.6 Å². The Labute approximate surface area is 169 Å². The van der Waals surface area contributed by atoms with Gasteiger partial charge < -0.3 is 9.64 Å². The molecule has 5 rings (SSSR count). The predicted octanol–water partition coefficient (Wildman–Crippen LogP) is 1.11. The van der Waals surface area contributed by atoms with Crippen molar-refractivity contribution in [2.75, 3.05) is 18.6 Å². The number of rotatable bonds is 4. The van der Waals surface area contributed by atoms with Crippen LogP contribution in [0.5, 0.6) is 5.75 Å². The topological polar surface area (TPSA) is 68.1 Å². The highest BCUT2D eigenvalue weighted by atomic mass is 16.5. The second-order valence-electron chi connectivity index (χ2n) is 8.04. The number of fused-ring (bicyclic) bond motifs is 3. The van der Waals surface area contributed by atoms with Gasteiger partial charge in [-0.15, -0.1) is 0 Å². The van der Waals surface area contributed by atoms with Crippen LogP contribution in [-0.2, 0) is 9.59 Å². The van der Waals surface area contributed by atoms with E-state index >= 15 is 0 Å². The molecule has 1 N–H and O–H groups in total. The number of carbonyl (C=O) groups is 3. The van der Waals surface area contributed by atoms with Crippen molar-refractivity contribution < 1.29 is 24.0 Å². The molecule has 2 aromatic rings. The molecule has 0 spiro atoms. The Balaban J connectivity index is 1.53. The Morgan fingerprint density at radius 3 is 2.38 bits per heavy atom. The second-order valence-corrected chi connectivity index (χ2v) is 8.04. The standard InChI is InChI=1S/C23H22N2O4/c1-29-16-11-9-15(10-12-16)25-22(27)18-17-8-5-13-24(17)20(19(18)23(25)28)21(26)14-6-3-2-4-7-14/h2-4,6-7,9-12,17-20H,5,8,13H2,1H3/p+1/t17-,18-,19-,20-/m0/s1. The van der Waals surface area contributed by atoms with Gasteiger partial charge in [0.1, 0.15) is 23.6 Å². The van der Waals surface area contributed by atoms with E-state index in [4.69, 9.17) is 4.74 Å². The van der Waals surface area contributed by atoms with Crippen LogP contribution in [0.25, 0.3) is 0 Å². The molecule has 148 valence electrons. The van der Waals surface area contributed by atoms with E-state index in [9.17, 15) is 14.4 Å². The highest BCUT2D eigenvalue weighted by Gasteiger charge is 2.68. The van der Waals surface area contributed by atoms with Gasteiger partial charge >= 0.3 is 0 Å². The number of ketones is 1. The maximum Gasteiger partial charge on any atom is 0.244 e. The number of carbonyl (C=O) groups excluding carboxylic acids is 3. The second kappa shape index (κ2) is 6.81. The molecule has 0 radical (unpaired) electrons. The third kappa shape index (κ3) is 2.63. The largest absolute Gasteiger partial charge is 0.497 e. The van der Waals surface area contributed by atoms with Crippen molar-refractivity contribution in [2.24, 2.45) is 11.8 Å². The lowest BCUT2D eigenvalue weighted by molar-refractivity contribution is -0.915. The molecule has 29 heavy (non-hydrogen) atoms. The monoisotopic (exact) mass is 391 g/mol. The summed E-state index contributed by atoms with van der Waals surface area (Å²) < 4.78 is 5.18. The van der Waals surface area contributed by atoms with Crippen molar-refractivity contribution >= 4 is 23.3 Å². The van der Waals surface area contributed by atoms with Gasteiger partial charge in [-0.25, -0.2) is 4.90 Å². The molecule has 2 aromatic carbocycles. The first-order chi connectivity index (χ1) is 14.1. The number of imide groups is 1. The summed E-state index contributed by atoms with van der Waals surface area (Å²) in [6.07, 6.45) is 1.86. The molecule has 2 amide bonds. The molecule has 6 heteroatoms. The summed E-state index contributed by atoms with van der Waals surface area (Å²) in [5, 5.41) is 0. The van der Waals surface area contributed by atoms with Gasteiger partial charge in [-0.3, -0.25) is 14.4 Å². The third-order valence-corrected chi connectivity index (χ3v) is 6.72. The molecule has 0 bridgehead atoms. The molecular formula is C23H23N2O4+. The molecule has 1 unspecified atom stereocenters. The number of hydrogen-bond donors (Lipinski definition) is 1. The zero-order valence-electron chi connectivity index (χ0n) is 16.2. The van der Waals surface area contributed by atoms with Gasteiger partial charge in [0.05, 0.1) is 19.3 Å². The van der Waals surface area contributed by atoms with Crippen LogP contribution in [0.1, 0.15) is 23.2 Å². The van der Waals surface area contributed by atoms with Crippen LogP contribution in [0.3, 0.4) is 0 Å². The van der Waals surface area contributed by atoms with Gasteiger partial charge in [0, 0.05) is 18.4 Å². The van der Waals surface area contributed by atoms with Crippen molar-refractivity contribution in [1.29, 1.82) is 0 Å². The minimum absolute atomic E-state index is 0.0299. The van der Waals surface area contributed by atoms with E-state index in [-0.39, 0.29) is 23.6 Å². The molecule has 3 fully saturated rings. The average Bonchev–Trinajstić information content (AvgIpc) is 3.40. The number of amides is 2. The minimum Gasteiger partial charge on any atom is -0.497 e. The normalized spacial score (nSPS) is 30.4. The first kappa shape index (κ1) is 18.1. The van der Waals surface area contributed by atoms with Crippen LogP contribution >= 0.6 is 0 Å². The van der Waals surface area contributed by atoms with Crippen LogP contribution in [0, 0.1) is 11.8 Å². The fraction of sp³-hybridized carbons (Fsp3) is 0.348. The van der Waals surface area contributed by atoms with Gasteiger partial charge in [0.2, 0.25) is 17.6 Å². The van der Waals surface area contributed by atoms with Crippen molar-refractivity contribution in [3.05, 3.63) is 60.2 Å². The molecule has 0 saturated carbocycles. The molecule has 0 aliphatic carbocycles. The number of benzene rings is 2. The van der Waals surface area contributed by atoms with Crippen molar-refractivity contribution in [3.8, 4) is 5.75 Å². The summed E-state index contributed by atoms with van der Waals surface area (Å²) in [7, 11) is 1.57. The summed E-state index contributed by atoms with van der Waals surface area (Å²) in [5.74, 6) is -0.786. The van der Waals surface area contributed by atoms with Gasteiger partial charge in [-0.1, -0.05) is 30.3 Å². The first-order valence-corrected chi connectivity index (χ1v) is 10.1. The molecule has 3 aliphatic rings. The summed E-state index contributed by atoms with van der Waals surface area (Å²) in [6, 6.07) is 15.6. The summed E-state index contributed by atoms with van der Waals surface area (Å²) in [5.41, 5.74) is 1.15.